The zero-order valence-corrected chi connectivity index (χ0v) is 13.9. The van der Waals surface area contributed by atoms with Crippen LogP contribution in [0.2, 0.25) is 0 Å². The largest absolute Gasteiger partial charge is 0.504 e. The molecule has 0 spiro atoms. The highest BCUT2D eigenvalue weighted by Gasteiger charge is 2.24. The van der Waals surface area contributed by atoms with Gasteiger partial charge in [0.15, 0.2) is 29.1 Å². The van der Waals surface area contributed by atoms with Gasteiger partial charge in [-0.3, -0.25) is 4.79 Å². The Kier molecular flexibility index (Phi) is 6.21. The van der Waals surface area contributed by atoms with Crippen molar-refractivity contribution in [2.24, 2.45) is 0 Å². The molecule has 2 rings (SSSR count). The molecular weight excluding hydrogens is 328 g/mol. The van der Waals surface area contributed by atoms with Crippen molar-refractivity contribution in [3.63, 3.8) is 0 Å². The molecule has 0 radical (unpaired) electrons. The lowest BCUT2D eigenvalue weighted by molar-refractivity contribution is -0.000522. The quantitative estimate of drug-likeness (QED) is 0.624. The van der Waals surface area contributed by atoms with Crippen molar-refractivity contribution in [1.29, 1.82) is 0 Å². The number of ether oxygens (including phenoxy) is 3. The van der Waals surface area contributed by atoms with E-state index in [0.717, 1.165) is 0 Å². The van der Waals surface area contributed by atoms with Crippen molar-refractivity contribution >= 4 is 6.29 Å². The molecule has 0 saturated carbocycles. The SMILES string of the molecule is COc1cc([C@H](O)[C@@H](CO)Oc2ccc(C=O)cc2OC)ccc1O. The Hall–Kier alpha value is -2.77. The Balaban J connectivity index is 2.26. The Labute approximate surface area is 145 Å². The summed E-state index contributed by atoms with van der Waals surface area (Å²) in [6.45, 7) is -0.469. The minimum Gasteiger partial charge on any atom is -0.504 e. The van der Waals surface area contributed by atoms with Crippen LogP contribution in [-0.4, -0.2) is 48.5 Å². The average molecular weight is 348 g/mol. The molecule has 0 heterocycles. The Morgan fingerprint density at radius 2 is 1.76 bits per heavy atom. The van der Waals surface area contributed by atoms with Gasteiger partial charge in [0.25, 0.3) is 0 Å². The lowest BCUT2D eigenvalue weighted by atomic mass is 10.0. The van der Waals surface area contributed by atoms with Gasteiger partial charge in [0.2, 0.25) is 0 Å². The molecule has 0 aliphatic carbocycles. The van der Waals surface area contributed by atoms with Crippen molar-refractivity contribution in [3.05, 3.63) is 47.5 Å². The Bertz CT molecular complexity index is 729. The van der Waals surface area contributed by atoms with Gasteiger partial charge in [-0.15, -0.1) is 0 Å². The van der Waals surface area contributed by atoms with E-state index in [4.69, 9.17) is 14.2 Å². The summed E-state index contributed by atoms with van der Waals surface area (Å²) in [7, 11) is 2.82. The zero-order chi connectivity index (χ0) is 18.4. The number of rotatable bonds is 8. The van der Waals surface area contributed by atoms with E-state index in [1.807, 2.05) is 0 Å². The van der Waals surface area contributed by atoms with E-state index in [1.54, 1.807) is 0 Å². The number of aldehydes is 1. The Morgan fingerprint density at radius 3 is 2.36 bits per heavy atom. The fraction of sp³-hybridized carbons (Fsp3) is 0.278. The number of aliphatic hydroxyl groups is 2. The third-order valence-electron chi connectivity index (χ3n) is 3.68. The molecule has 2 aromatic carbocycles. The molecule has 7 heteroatoms. The van der Waals surface area contributed by atoms with Gasteiger partial charge in [-0.1, -0.05) is 6.07 Å². The van der Waals surface area contributed by atoms with Gasteiger partial charge in [-0.25, -0.2) is 0 Å². The summed E-state index contributed by atoms with van der Waals surface area (Å²) in [5, 5.41) is 29.7. The maximum absolute atomic E-state index is 10.8. The molecular formula is C18H20O7. The highest BCUT2D eigenvalue weighted by Crippen LogP contribution is 2.33. The van der Waals surface area contributed by atoms with Crippen molar-refractivity contribution in [1.82, 2.24) is 0 Å². The van der Waals surface area contributed by atoms with Crippen LogP contribution in [0.25, 0.3) is 0 Å². The van der Waals surface area contributed by atoms with E-state index in [2.05, 4.69) is 0 Å². The van der Waals surface area contributed by atoms with Crippen LogP contribution >= 0.6 is 0 Å². The molecule has 25 heavy (non-hydrogen) atoms. The topological polar surface area (TPSA) is 105 Å². The van der Waals surface area contributed by atoms with Gasteiger partial charge >= 0.3 is 0 Å². The minimum absolute atomic E-state index is 0.0639. The molecule has 0 fully saturated rings. The summed E-state index contributed by atoms with van der Waals surface area (Å²) in [5.41, 5.74) is 0.811. The molecule has 0 bridgehead atoms. The van der Waals surface area contributed by atoms with Gasteiger partial charge in [-0.2, -0.15) is 0 Å². The maximum Gasteiger partial charge on any atom is 0.161 e. The van der Waals surface area contributed by atoms with Crippen LogP contribution in [0.15, 0.2) is 36.4 Å². The van der Waals surface area contributed by atoms with Crippen LogP contribution in [0.1, 0.15) is 22.0 Å². The smallest absolute Gasteiger partial charge is 0.161 e. The number of benzene rings is 2. The summed E-state index contributed by atoms with van der Waals surface area (Å²) < 4.78 is 15.8. The van der Waals surface area contributed by atoms with Gasteiger partial charge in [-0.05, 0) is 35.9 Å². The van der Waals surface area contributed by atoms with Gasteiger partial charge < -0.3 is 29.5 Å². The summed E-state index contributed by atoms with van der Waals surface area (Å²) >= 11 is 0. The predicted molar refractivity (Wildman–Crippen MR) is 89.5 cm³/mol. The van der Waals surface area contributed by atoms with Gasteiger partial charge in [0, 0.05) is 5.56 Å². The van der Waals surface area contributed by atoms with Crippen molar-refractivity contribution < 1.29 is 34.3 Å². The van der Waals surface area contributed by atoms with Crippen molar-refractivity contribution in [3.8, 4) is 23.0 Å². The fourth-order valence-corrected chi connectivity index (χ4v) is 2.31. The normalized spacial score (nSPS) is 13.0. The minimum atomic E-state index is -1.19. The zero-order valence-electron chi connectivity index (χ0n) is 13.9. The summed E-state index contributed by atoms with van der Waals surface area (Å²) in [5.74, 6) is 0.711. The second-order valence-electron chi connectivity index (χ2n) is 5.24. The van der Waals surface area contributed by atoms with Crippen molar-refractivity contribution in [2.75, 3.05) is 20.8 Å². The van der Waals surface area contributed by atoms with E-state index in [9.17, 15) is 20.1 Å². The van der Waals surface area contributed by atoms with Gasteiger partial charge in [0.1, 0.15) is 12.4 Å². The number of carbonyl (C=O) groups is 1. The van der Waals surface area contributed by atoms with E-state index in [0.29, 0.717) is 23.2 Å². The van der Waals surface area contributed by atoms with Crippen LogP contribution in [0, 0.1) is 0 Å². The lowest BCUT2D eigenvalue weighted by Gasteiger charge is -2.24. The number of aromatic hydroxyl groups is 1. The average Bonchev–Trinajstić information content (AvgIpc) is 2.65. The number of aliphatic hydroxyl groups excluding tert-OH is 2. The van der Waals surface area contributed by atoms with Crippen LogP contribution in [-0.2, 0) is 0 Å². The molecule has 3 N–H and O–H groups in total. The second-order valence-corrected chi connectivity index (χ2v) is 5.24. The standard InChI is InChI=1S/C18H20O7/c1-23-15-8-12(4-5-13(15)21)18(22)17(10-20)25-14-6-3-11(9-19)7-16(14)24-2/h3-9,17-18,20-22H,10H2,1-2H3/t17-,18+/m1/s1. The molecule has 2 aromatic rings. The number of methoxy groups -OCH3 is 2. The lowest BCUT2D eigenvalue weighted by Crippen LogP contribution is -2.29. The summed E-state index contributed by atoms with van der Waals surface area (Å²) in [6, 6.07) is 8.89. The first-order valence-corrected chi connectivity index (χ1v) is 7.49. The maximum atomic E-state index is 10.8. The molecule has 134 valence electrons. The number of hydrogen-bond donors (Lipinski definition) is 3. The molecule has 7 nitrogen and oxygen atoms in total. The van der Waals surface area contributed by atoms with E-state index < -0.39 is 18.8 Å². The first-order valence-electron chi connectivity index (χ1n) is 7.49. The number of carbonyl (C=O) groups excluding carboxylic acids is 1. The third kappa shape index (κ3) is 4.20. The van der Waals surface area contributed by atoms with Gasteiger partial charge in [0.05, 0.1) is 20.8 Å². The molecule has 0 amide bonds. The van der Waals surface area contributed by atoms with Crippen LogP contribution in [0.5, 0.6) is 23.0 Å². The van der Waals surface area contributed by atoms with Crippen LogP contribution in [0.3, 0.4) is 0 Å². The number of hydrogen-bond acceptors (Lipinski definition) is 7. The third-order valence-corrected chi connectivity index (χ3v) is 3.68. The first-order chi connectivity index (χ1) is 12.0. The molecule has 0 aliphatic rings. The van der Waals surface area contributed by atoms with Crippen molar-refractivity contribution in [2.45, 2.75) is 12.2 Å². The van der Waals surface area contributed by atoms with Crippen LogP contribution < -0.4 is 14.2 Å². The number of phenolic OH excluding ortho intramolecular Hbond substituents is 1. The molecule has 0 saturated heterocycles. The Morgan fingerprint density at radius 1 is 1.04 bits per heavy atom. The monoisotopic (exact) mass is 348 g/mol. The molecule has 2 atom stereocenters. The molecule has 0 unspecified atom stereocenters. The molecule has 0 aliphatic heterocycles. The second kappa shape index (κ2) is 8.36. The number of phenols is 1. The highest BCUT2D eigenvalue weighted by atomic mass is 16.5. The highest BCUT2D eigenvalue weighted by molar-refractivity contribution is 5.76. The molecule has 0 aromatic heterocycles. The predicted octanol–water partition coefficient (Wildman–Crippen LogP) is 1.70. The first kappa shape index (κ1) is 18.6. The fourth-order valence-electron chi connectivity index (χ4n) is 2.31. The summed E-state index contributed by atoms with van der Waals surface area (Å²) in [6.07, 6.45) is -1.51. The van der Waals surface area contributed by atoms with E-state index in [1.165, 1.54) is 50.6 Å². The summed E-state index contributed by atoms with van der Waals surface area (Å²) in [4.78, 5) is 10.8. The van der Waals surface area contributed by atoms with E-state index >= 15 is 0 Å². The van der Waals surface area contributed by atoms with E-state index in [-0.39, 0.29) is 17.2 Å². The van der Waals surface area contributed by atoms with Crippen LogP contribution in [0.4, 0.5) is 0 Å².